The number of imidazole rings is 1. The molecule has 3 N–H and O–H groups in total. The lowest BCUT2D eigenvalue weighted by Crippen LogP contribution is -2.33. The number of aliphatic hydroxyl groups excluding tert-OH is 3. The molecule has 0 saturated carbocycles. The van der Waals surface area contributed by atoms with Gasteiger partial charge in [-0.25, -0.2) is 9.97 Å². The van der Waals surface area contributed by atoms with E-state index in [1.807, 2.05) is 0 Å². The van der Waals surface area contributed by atoms with Crippen LogP contribution in [0.25, 0.3) is 11.2 Å². The minimum atomic E-state index is -1.12. The number of hydrogen-bond donors (Lipinski definition) is 3. The van der Waals surface area contributed by atoms with Crippen LogP contribution < -0.4 is 0 Å². The average molecular weight is 251 g/mol. The maximum absolute atomic E-state index is 9.93. The van der Waals surface area contributed by atoms with Crippen LogP contribution in [0.2, 0.25) is 0 Å². The van der Waals surface area contributed by atoms with E-state index in [4.69, 9.17) is 9.84 Å². The van der Waals surface area contributed by atoms with E-state index in [1.165, 1.54) is 6.33 Å². The second-order valence-electron chi connectivity index (χ2n) is 4.23. The lowest BCUT2D eigenvalue weighted by Gasteiger charge is -2.16. The first kappa shape index (κ1) is 11.5. The second-order valence-corrected chi connectivity index (χ2v) is 4.23. The Labute approximate surface area is 102 Å². The number of pyridine rings is 1. The summed E-state index contributed by atoms with van der Waals surface area (Å²) in [5.41, 5.74) is 1.24. The fraction of sp³-hybridized carbons (Fsp3) is 0.455. The highest BCUT2D eigenvalue weighted by Gasteiger charge is 2.43. The number of ether oxygens (including phenoxy) is 1. The molecule has 0 amide bonds. The average Bonchev–Trinajstić information content (AvgIpc) is 2.93. The molecule has 96 valence electrons. The summed E-state index contributed by atoms with van der Waals surface area (Å²) >= 11 is 0. The second kappa shape index (κ2) is 4.29. The van der Waals surface area contributed by atoms with Gasteiger partial charge in [0.25, 0.3) is 0 Å². The standard InChI is InChI=1S/C11H13N3O4/c15-4-7-8(16)9(17)11(18-7)14-5-13-6-2-1-3-12-10(6)14/h1-3,5,7-9,11,15-17H,4H2/t7-,8+,9-,11-/m0/s1. The Kier molecular flexibility index (Phi) is 2.75. The van der Waals surface area contributed by atoms with Gasteiger partial charge < -0.3 is 20.1 Å². The van der Waals surface area contributed by atoms with Crippen LogP contribution in [0.3, 0.4) is 0 Å². The van der Waals surface area contributed by atoms with Crippen molar-refractivity contribution in [1.82, 2.24) is 14.5 Å². The van der Waals surface area contributed by atoms with Gasteiger partial charge in [0, 0.05) is 6.20 Å². The number of nitrogens with zero attached hydrogens (tertiary/aromatic N) is 3. The SMILES string of the molecule is OC[C@@H]1O[C@H](n2cnc3cccnc32)[C@@H](O)[C@@H]1O. The maximum Gasteiger partial charge on any atom is 0.165 e. The van der Waals surface area contributed by atoms with E-state index in [0.717, 1.165) is 0 Å². The van der Waals surface area contributed by atoms with E-state index in [2.05, 4.69) is 9.97 Å². The first-order valence-corrected chi connectivity index (χ1v) is 5.62. The number of fused-ring (bicyclic) bond motifs is 1. The van der Waals surface area contributed by atoms with Gasteiger partial charge in [0.1, 0.15) is 23.8 Å². The molecule has 1 aliphatic rings. The molecule has 0 aromatic carbocycles. The first-order chi connectivity index (χ1) is 8.72. The largest absolute Gasteiger partial charge is 0.394 e. The Balaban J connectivity index is 2.00. The summed E-state index contributed by atoms with van der Waals surface area (Å²) in [7, 11) is 0. The molecular formula is C11H13N3O4. The molecular weight excluding hydrogens is 238 g/mol. The summed E-state index contributed by atoms with van der Waals surface area (Å²) in [4.78, 5) is 8.30. The van der Waals surface area contributed by atoms with Crippen LogP contribution in [-0.2, 0) is 4.74 Å². The van der Waals surface area contributed by atoms with Gasteiger partial charge in [-0.3, -0.25) is 4.57 Å². The van der Waals surface area contributed by atoms with Crippen molar-refractivity contribution in [2.45, 2.75) is 24.5 Å². The van der Waals surface area contributed by atoms with Gasteiger partial charge in [-0.05, 0) is 12.1 Å². The number of aliphatic hydroxyl groups is 3. The fourth-order valence-corrected chi connectivity index (χ4v) is 2.16. The van der Waals surface area contributed by atoms with Gasteiger partial charge in [-0.1, -0.05) is 0 Å². The Bertz CT molecular complexity index is 558. The summed E-state index contributed by atoms with van der Waals surface area (Å²) in [6.45, 7) is -0.352. The summed E-state index contributed by atoms with van der Waals surface area (Å²) in [6, 6.07) is 3.55. The Morgan fingerprint density at radius 1 is 1.28 bits per heavy atom. The van der Waals surface area contributed by atoms with E-state index in [-0.39, 0.29) is 6.61 Å². The lowest BCUT2D eigenvalue weighted by molar-refractivity contribution is -0.0511. The Hall–Kier alpha value is -1.54. The minimum Gasteiger partial charge on any atom is -0.394 e. The molecule has 0 aliphatic carbocycles. The molecule has 0 unspecified atom stereocenters. The molecule has 4 atom stereocenters. The third-order valence-electron chi connectivity index (χ3n) is 3.12. The predicted octanol–water partition coefficient (Wildman–Crippen LogP) is -0.957. The molecule has 3 rings (SSSR count). The van der Waals surface area contributed by atoms with Crippen LogP contribution in [0, 0.1) is 0 Å². The van der Waals surface area contributed by atoms with Gasteiger partial charge in [0.2, 0.25) is 0 Å². The molecule has 1 fully saturated rings. The maximum atomic E-state index is 9.93. The molecule has 1 saturated heterocycles. The predicted molar refractivity (Wildman–Crippen MR) is 60.5 cm³/mol. The van der Waals surface area contributed by atoms with Crippen LogP contribution in [0.4, 0.5) is 0 Å². The third-order valence-corrected chi connectivity index (χ3v) is 3.12. The van der Waals surface area contributed by atoms with Crippen molar-refractivity contribution in [3.05, 3.63) is 24.7 Å². The lowest BCUT2D eigenvalue weighted by atomic mass is 10.1. The number of hydrogen-bond acceptors (Lipinski definition) is 6. The van der Waals surface area contributed by atoms with Crippen LogP contribution in [0.1, 0.15) is 6.23 Å². The molecule has 18 heavy (non-hydrogen) atoms. The van der Waals surface area contributed by atoms with Crippen molar-refractivity contribution in [3.63, 3.8) is 0 Å². The molecule has 1 aliphatic heterocycles. The van der Waals surface area contributed by atoms with E-state index in [1.54, 1.807) is 22.9 Å². The van der Waals surface area contributed by atoms with E-state index >= 15 is 0 Å². The molecule has 2 aromatic rings. The summed E-state index contributed by atoms with van der Waals surface area (Å²) in [5, 5.41) is 28.7. The third kappa shape index (κ3) is 1.60. The van der Waals surface area contributed by atoms with Crippen molar-refractivity contribution < 1.29 is 20.1 Å². The van der Waals surface area contributed by atoms with Gasteiger partial charge in [0.15, 0.2) is 11.9 Å². The zero-order valence-electron chi connectivity index (χ0n) is 9.42. The van der Waals surface area contributed by atoms with Gasteiger partial charge in [-0.15, -0.1) is 0 Å². The molecule has 3 heterocycles. The van der Waals surface area contributed by atoms with Crippen molar-refractivity contribution in [1.29, 1.82) is 0 Å². The van der Waals surface area contributed by atoms with Crippen molar-refractivity contribution in [2.75, 3.05) is 6.61 Å². The van der Waals surface area contributed by atoms with Crippen molar-refractivity contribution >= 4 is 11.2 Å². The van der Waals surface area contributed by atoms with Crippen LogP contribution >= 0.6 is 0 Å². The smallest absolute Gasteiger partial charge is 0.165 e. The van der Waals surface area contributed by atoms with Crippen LogP contribution in [0.15, 0.2) is 24.7 Å². The number of aromatic nitrogens is 3. The normalized spacial score (nSPS) is 32.2. The zero-order chi connectivity index (χ0) is 12.7. The summed E-state index contributed by atoms with van der Waals surface area (Å²) in [5.74, 6) is 0. The highest BCUT2D eigenvalue weighted by Crippen LogP contribution is 2.30. The molecule has 0 radical (unpaired) electrons. The molecule has 7 heteroatoms. The molecule has 0 spiro atoms. The highest BCUT2D eigenvalue weighted by atomic mass is 16.6. The molecule has 0 bridgehead atoms. The Morgan fingerprint density at radius 2 is 2.11 bits per heavy atom. The van der Waals surface area contributed by atoms with E-state index < -0.39 is 24.5 Å². The van der Waals surface area contributed by atoms with Gasteiger partial charge >= 0.3 is 0 Å². The zero-order valence-corrected chi connectivity index (χ0v) is 9.42. The summed E-state index contributed by atoms with van der Waals surface area (Å²) in [6.07, 6.45) is -0.731. The van der Waals surface area contributed by atoms with Crippen molar-refractivity contribution in [2.24, 2.45) is 0 Å². The minimum absolute atomic E-state index is 0.352. The highest BCUT2D eigenvalue weighted by molar-refractivity contribution is 5.70. The quantitative estimate of drug-likeness (QED) is 0.635. The fourth-order valence-electron chi connectivity index (χ4n) is 2.16. The Morgan fingerprint density at radius 3 is 2.83 bits per heavy atom. The van der Waals surface area contributed by atoms with Gasteiger partial charge in [0.05, 0.1) is 12.9 Å². The topological polar surface area (TPSA) is 101 Å². The first-order valence-electron chi connectivity index (χ1n) is 5.62. The number of rotatable bonds is 2. The van der Waals surface area contributed by atoms with Gasteiger partial charge in [-0.2, -0.15) is 0 Å². The monoisotopic (exact) mass is 251 g/mol. The van der Waals surface area contributed by atoms with E-state index in [0.29, 0.717) is 11.2 Å². The molecule has 7 nitrogen and oxygen atoms in total. The molecule has 2 aromatic heterocycles. The summed E-state index contributed by atoms with van der Waals surface area (Å²) < 4.78 is 6.98. The van der Waals surface area contributed by atoms with Crippen molar-refractivity contribution in [3.8, 4) is 0 Å². The van der Waals surface area contributed by atoms with Crippen LogP contribution in [0.5, 0.6) is 0 Å². The van der Waals surface area contributed by atoms with Crippen LogP contribution in [-0.4, -0.2) is 54.8 Å². The van der Waals surface area contributed by atoms with E-state index in [9.17, 15) is 10.2 Å².